The van der Waals surface area contributed by atoms with Crippen LogP contribution >= 0.6 is 0 Å². The molecule has 2 unspecified atom stereocenters. The maximum absolute atomic E-state index is 16.3. The Hall–Kier alpha value is -3.05. The Morgan fingerprint density at radius 1 is 1.08 bits per heavy atom. The van der Waals surface area contributed by atoms with Crippen LogP contribution < -0.4 is 4.74 Å². The molecule has 2 aromatic carbocycles. The van der Waals surface area contributed by atoms with Gasteiger partial charge in [-0.1, -0.05) is 12.1 Å². The van der Waals surface area contributed by atoms with Gasteiger partial charge in [0, 0.05) is 17.0 Å². The fourth-order valence-corrected chi connectivity index (χ4v) is 6.23. The molecule has 2 bridgehead atoms. The van der Waals surface area contributed by atoms with Crippen molar-refractivity contribution in [3.05, 3.63) is 71.6 Å². The van der Waals surface area contributed by atoms with Gasteiger partial charge in [-0.2, -0.15) is 0 Å². The molecule has 37 heavy (non-hydrogen) atoms. The average molecular weight is 519 g/mol. The van der Waals surface area contributed by atoms with E-state index in [1.807, 2.05) is 12.1 Å². The molecule has 1 heterocycles. The monoisotopic (exact) mass is 518 g/mol. The maximum atomic E-state index is 16.3. The highest BCUT2D eigenvalue weighted by molar-refractivity contribution is 5.44. The van der Waals surface area contributed by atoms with Crippen LogP contribution in [-0.2, 0) is 17.6 Å². The van der Waals surface area contributed by atoms with Crippen LogP contribution in [0.5, 0.6) is 5.75 Å². The lowest BCUT2D eigenvalue weighted by Crippen LogP contribution is -2.76. The van der Waals surface area contributed by atoms with E-state index in [1.165, 1.54) is 0 Å². The van der Waals surface area contributed by atoms with Crippen LogP contribution in [0.15, 0.2) is 48.8 Å². The van der Waals surface area contributed by atoms with Crippen molar-refractivity contribution < 1.29 is 32.5 Å². The molecule has 7 rings (SSSR count). The van der Waals surface area contributed by atoms with Crippen molar-refractivity contribution in [2.75, 3.05) is 6.61 Å². The van der Waals surface area contributed by atoms with Crippen molar-refractivity contribution in [3.63, 3.8) is 0 Å². The van der Waals surface area contributed by atoms with Gasteiger partial charge in [0.2, 0.25) is 0 Å². The Labute approximate surface area is 210 Å². The normalized spacial score (nSPS) is 27.1. The van der Waals surface area contributed by atoms with Gasteiger partial charge >= 0.3 is 0 Å². The Morgan fingerprint density at radius 2 is 1.78 bits per heavy atom. The molecule has 4 fully saturated rings. The van der Waals surface area contributed by atoms with Crippen LogP contribution in [0.3, 0.4) is 0 Å². The lowest BCUT2D eigenvalue weighted by molar-refractivity contribution is -0.347. The SMILES string of the molecule is OC(COc1ccc(C23CC(C(F)(F)C(O)(Cn4cnnn4)c4ccc(F)cc4F)(C2)C3)cc1)C1CC1. The van der Waals surface area contributed by atoms with E-state index in [0.717, 1.165) is 41.5 Å². The fraction of sp³-hybridized carbons (Fsp3) is 0.500. The predicted octanol–water partition coefficient (Wildman–Crippen LogP) is 3.75. The first kappa shape index (κ1) is 24.3. The van der Waals surface area contributed by atoms with E-state index < -0.39 is 52.2 Å². The van der Waals surface area contributed by atoms with E-state index in [2.05, 4.69) is 15.5 Å². The van der Waals surface area contributed by atoms with Crippen molar-refractivity contribution in [1.29, 1.82) is 0 Å². The van der Waals surface area contributed by atoms with Gasteiger partial charge in [0.05, 0.1) is 12.6 Å². The predicted molar refractivity (Wildman–Crippen MR) is 122 cm³/mol. The highest BCUT2D eigenvalue weighted by Crippen LogP contribution is 2.80. The van der Waals surface area contributed by atoms with Gasteiger partial charge in [-0.25, -0.2) is 22.2 Å². The summed E-state index contributed by atoms with van der Waals surface area (Å²) in [5.41, 5.74) is -4.85. The van der Waals surface area contributed by atoms with E-state index in [9.17, 15) is 19.0 Å². The molecule has 0 spiro atoms. The molecule has 0 aliphatic heterocycles. The van der Waals surface area contributed by atoms with Gasteiger partial charge < -0.3 is 14.9 Å². The van der Waals surface area contributed by atoms with Crippen molar-refractivity contribution in [2.45, 2.75) is 61.7 Å². The average Bonchev–Trinajstić information content (AvgIpc) is 3.53. The third-order valence-corrected chi connectivity index (χ3v) is 8.43. The molecule has 0 saturated heterocycles. The molecule has 4 aliphatic rings. The van der Waals surface area contributed by atoms with Crippen LogP contribution in [0, 0.1) is 23.0 Å². The zero-order valence-corrected chi connectivity index (χ0v) is 19.8. The Balaban J connectivity index is 1.21. The van der Waals surface area contributed by atoms with Crippen LogP contribution in [0.2, 0.25) is 0 Å². The minimum absolute atomic E-state index is 0.105. The maximum Gasteiger partial charge on any atom is 0.287 e. The van der Waals surface area contributed by atoms with E-state index in [1.54, 1.807) is 12.1 Å². The molecule has 2 atom stereocenters. The molecule has 2 N–H and O–H groups in total. The van der Waals surface area contributed by atoms with Gasteiger partial charge in [0.15, 0.2) is 5.60 Å². The minimum atomic E-state index is -3.77. The van der Waals surface area contributed by atoms with Gasteiger partial charge in [0.25, 0.3) is 5.92 Å². The number of alkyl halides is 2. The second kappa shape index (κ2) is 8.22. The molecule has 11 heteroatoms. The summed E-state index contributed by atoms with van der Waals surface area (Å²) in [7, 11) is 0. The molecular formula is C26H26F4N4O3. The van der Waals surface area contributed by atoms with Crippen molar-refractivity contribution in [3.8, 4) is 5.75 Å². The van der Waals surface area contributed by atoms with E-state index in [-0.39, 0.29) is 25.9 Å². The van der Waals surface area contributed by atoms with Crippen molar-refractivity contribution in [1.82, 2.24) is 20.2 Å². The number of ether oxygens (including phenoxy) is 1. The van der Waals surface area contributed by atoms with Gasteiger partial charge in [0.1, 0.15) is 30.3 Å². The standard InChI is InChI=1S/C26H26F4N4O3/c27-18-5-8-20(21(28)9-18)25(36,14-34-15-31-32-33-34)26(29,30)24-11-23(12-24,13-24)17-3-6-19(7-4-17)37-10-22(35)16-1-2-16/h3-9,15-16,22,35-36H,1-2,10-14H2. The van der Waals surface area contributed by atoms with E-state index in [4.69, 9.17) is 4.74 Å². The summed E-state index contributed by atoms with van der Waals surface area (Å²) in [5, 5.41) is 31.8. The number of benzene rings is 2. The molecule has 3 aromatic rings. The summed E-state index contributed by atoms with van der Waals surface area (Å²) in [6.07, 6.45) is 2.90. The summed E-state index contributed by atoms with van der Waals surface area (Å²) in [4.78, 5) is 0. The molecule has 4 aliphatic carbocycles. The second-order valence-corrected chi connectivity index (χ2v) is 10.9. The third kappa shape index (κ3) is 3.73. The summed E-state index contributed by atoms with van der Waals surface area (Å²) in [5.74, 6) is -5.07. The molecule has 0 amide bonds. The first-order valence-electron chi connectivity index (χ1n) is 12.3. The van der Waals surface area contributed by atoms with E-state index in [0.29, 0.717) is 17.7 Å². The number of rotatable bonds is 10. The van der Waals surface area contributed by atoms with Crippen LogP contribution in [0.25, 0.3) is 0 Å². The number of hydrogen-bond acceptors (Lipinski definition) is 6. The Morgan fingerprint density at radius 3 is 2.38 bits per heavy atom. The quantitative estimate of drug-likeness (QED) is 0.397. The van der Waals surface area contributed by atoms with Gasteiger partial charge in [-0.05, 0) is 83.7 Å². The summed E-state index contributed by atoms with van der Waals surface area (Å²) >= 11 is 0. The Kier molecular flexibility index (Phi) is 5.40. The lowest BCUT2D eigenvalue weighted by Gasteiger charge is -2.74. The van der Waals surface area contributed by atoms with Gasteiger partial charge in [-0.3, -0.25) is 0 Å². The summed E-state index contributed by atoms with van der Waals surface area (Å²) in [6, 6.07) is 9.38. The zero-order chi connectivity index (χ0) is 26.1. The molecule has 1 aromatic heterocycles. The van der Waals surface area contributed by atoms with Crippen LogP contribution in [-0.4, -0.2) is 49.1 Å². The fourth-order valence-electron chi connectivity index (χ4n) is 6.23. The van der Waals surface area contributed by atoms with Crippen LogP contribution in [0.1, 0.15) is 43.2 Å². The number of nitrogens with zero attached hydrogens (tertiary/aromatic N) is 4. The number of aliphatic hydroxyl groups excluding tert-OH is 1. The highest BCUT2D eigenvalue weighted by atomic mass is 19.3. The smallest absolute Gasteiger partial charge is 0.287 e. The lowest BCUT2D eigenvalue weighted by atomic mass is 9.30. The third-order valence-electron chi connectivity index (χ3n) is 8.43. The van der Waals surface area contributed by atoms with E-state index >= 15 is 8.78 Å². The number of aliphatic hydroxyl groups is 2. The first-order valence-corrected chi connectivity index (χ1v) is 12.3. The van der Waals surface area contributed by atoms with Gasteiger partial charge in [-0.15, -0.1) is 5.10 Å². The minimum Gasteiger partial charge on any atom is -0.491 e. The molecule has 7 nitrogen and oxygen atoms in total. The van der Waals surface area contributed by atoms with Crippen molar-refractivity contribution in [2.24, 2.45) is 11.3 Å². The topological polar surface area (TPSA) is 93.3 Å². The largest absolute Gasteiger partial charge is 0.491 e. The Bertz CT molecular complexity index is 1280. The molecule has 4 saturated carbocycles. The number of hydrogen-bond donors (Lipinski definition) is 2. The number of tetrazole rings is 1. The second-order valence-electron chi connectivity index (χ2n) is 10.9. The summed E-state index contributed by atoms with van der Waals surface area (Å²) < 4.78 is 67.4. The highest BCUT2D eigenvalue weighted by Gasteiger charge is 2.82. The van der Waals surface area contributed by atoms with Crippen molar-refractivity contribution >= 4 is 0 Å². The zero-order valence-electron chi connectivity index (χ0n) is 19.8. The molecule has 196 valence electrons. The molecule has 0 radical (unpaired) electrons. The number of aromatic nitrogens is 4. The summed E-state index contributed by atoms with van der Waals surface area (Å²) in [6.45, 7) is -0.590. The number of halogens is 4. The first-order chi connectivity index (χ1) is 17.6. The van der Waals surface area contributed by atoms with Crippen LogP contribution in [0.4, 0.5) is 17.6 Å². The molecular weight excluding hydrogens is 492 g/mol.